The average Bonchev–Trinajstić information content (AvgIpc) is 3.03. The molecule has 2 bridgehead atoms. The fourth-order valence-electron chi connectivity index (χ4n) is 2.67. The first-order valence-electron chi connectivity index (χ1n) is 5.01. The fourth-order valence-corrected chi connectivity index (χ4v) is 2.67. The molecule has 0 aromatic rings. The zero-order valence-electron chi connectivity index (χ0n) is 7.36. The van der Waals surface area contributed by atoms with Crippen molar-refractivity contribution in [2.75, 3.05) is 13.2 Å². The normalized spacial score (nSPS) is 54.8. The third-order valence-electron chi connectivity index (χ3n) is 3.53. The van der Waals surface area contributed by atoms with Gasteiger partial charge >= 0.3 is 0 Å². The highest BCUT2D eigenvalue weighted by Crippen LogP contribution is 2.61. The highest BCUT2D eigenvalue weighted by atomic mass is 16.8. The quantitative estimate of drug-likeness (QED) is 0.477. The predicted octanol–water partition coefficient (Wildman–Crippen LogP) is 0.847. The largest absolute Gasteiger partial charge is 0.371 e. The van der Waals surface area contributed by atoms with Crippen LogP contribution in [-0.2, 0) is 14.2 Å². The molecule has 2 aliphatic carbocycles. The minimum Gasteiger partial charge on any atom is -0.371 e. The first kappa shape index (κ1) is 6.98. The van der Waals surface area contributed by atoms with Crippen molar-refractivity contribution in [3.63, 3.8) is 0 Å². The van der Waals surface area contributed by atoms with E-state index in [9.17, 15) is 0 Å². The van der Waals surface area contributed by atoms with Gasteiger partial charge in [-0.3, -0.25) is 0 Å². The maximum absolute atomic E-state index is 5.81. The van der Waals surface area contributed by atoms with E-state index in [1.54, 1.807) is 0 Å². The lowest BCUT2D eigenvalue weighted by molar-refractivity contribution is -0.0233. The Balaban J connectivity index is 1.53. The van der Waals surface area contributed by atoms with E-state index in [1.807, 2.05) is 0 Å². The topological polar surface area (TPSA) is 34.3 Å². The maximum atomic E-state index is 5.81. The first-order valence-corrected chi connectivity index (χ1v) is 5.01. The summed E-state index contributed by atoms with van der Waals surface area (Å²) < 4.78 is 16.6. The Hall–Kier alpha value is -0.380. The van der Waals surface area contributed by atoms with Gasteiger partial charge in [0.05, 0.1) is 13.2 Å². The van der Waals surface area contributed by atoms with Crippen molar-refractivity contribution in [1.29, 1.82) is 0 Å². The van der Waals surface area contributed by atoms with E-state index in [-0.39, 0.29) is 5.79 Å². The van der Waals surface area contributed by atoms with Crippen LogP contribution in [0.15, 0.2) is 11.6 Å². The maximum Gasteiger partial charge on any atom is 0.218 e. The Bertz CT molecular complexity index is 295. The zero-order valence-corrected chi connectivity index (χ0v) is 7.36. The lowest BCUT2D eigenvalue weighted by Gasteiger charge is -2.12. The average molecular weight is 180 g/mol. The van der Waals surface area contributed by atoms with Crippen molar-refractivity contribution in [2.24, 2.45) is 5.92 Å². The summed E-state index contributed by atoms with van der Waals surface area (Å²) in [6.07, 6.45) is 5.42. The van der Waals surface area contributed by atoms with Crippen LogP contribution in [-0.4, -0.2) is 31.2 Å². The number of allylic oxidation sites excluding steroid dienone is 1. The second-order valence-corrected chi connectivity index (χ2v) is 4.40. The lowest BCUT2D eigenvalue weighted by Crippen LogP contribution is -2.22. The van der Waals surface area contributed by atoms with Gasteiger partial charge < -0.3 is 14.2 Å². The molecule has 2 aliphatic heterocycles. The van der Waals surface area contributed by atoms with Crippen molar-refractivity contribution in [3.05, 3.63) is 11.6 Å². The molecular formula is C10H12O3. The summed E-state index contributed by atoms with van der Waals surface area (Å²) in [5.41, 5.74) is 1.39. The van der Waals surface area contributed by atoms with Gasteiger partial charge in [0.15, 0.2) is 0 Å². The zero-order chi connectivity index (χ0) is 8.47. The Morgan fingerprint density at radius 3 is 3.23 bits per heavy atom. The van der Waals surface area contributed by atoms with Crippen LogP contribution < -0.4 is 0 Å². The third-order valence-corrected chi connectivity index (χ3v) is 3.53. The van der Waals surface area contributed by atoms with Gasteiger partial charge in [-0.05, 0) is 24.3 Å². The van der Waals surface area contributed by atoms with Crippen LogP contribution in [0.1, 0.15) is 12.8 Å². The lowest BCUT2D eigenvalue weighted by atomic mass is 10.0. The molecule has 0 amide bonds. The SMILES string of the molecule is C1=C2CC(C1)C1OC21OCC1CO1. The smallest absolute Gasteiger partial charge is 0.218 e. The van der Waals surface area contributed by atoms with Crippen LogP contribution in [0.25, 0.3) is 0 Å². The number of epoxide rings is 2. The van der Waals surface area contributed by atoms with E-state index in [0.29, 0.717) is 18.8 Å². The molecule has 0 aromatic carbocycles. The molecular weight excluding hydrogens is 168 g/mol. The van der Waals surface area contributed by atoms with E-state index < -0.39 is 0 Å². The Morgan fingerprint density at radius 2 is 2.54 bits per heavy atom. The number of hydrogen-bond acceptors (Lipinski definition) is 3. The van der Waals surface area contributed by atoms with Crippen LogP contribution in [0.5, 0.6) is 0 Å². The molecule has 4 rings (SSSR count). The molecule has 3 heteroatoms. The first-order chi connectivity index (χ1) is 6.38. The number of fused-ring (bicyclic) bond motifs is 5. The number of ether oxygens (including phenoxy) is 3. The molecule has 3 fully saturated rings. The minimum atomic E-state index is -0.269. The minimum absolute atomic E-state index is 0.269. The van der Waals surface area contributed by atoms with Gasteiger partial charge in [0.1, 0.15) is 12.2 Å². The van der Waals surface area contributed by atoms with Crippen molar-refractivity contribution in [2.45, 2.75) is 30.8 Å². The Labute approximate surface area is 76.7 Å². The van der Waals surface area contributed by atoms with E-state index >= 15 is 0 Å². The van der Waals surface area contributed by atoms with Crippen LogP contribution in [0.3, 0.4) is 0 Å². The molecule has 4 unspecified atom stereocenters. The molecule has 13 heavy (non-hydrogen) atoms. The van der Waals surface area contributed by atoms with Gasteiger partial charge in [-0.15, -0.1) is 0 Å². The molecule has 0 aromatic heterocycles. The third kappa shape index (κ3) is 0.802. The van der Waals surface area contributed by atoms with Crippen LogP contribution in [0.2, 0.25) is 0 Å². The fraction of sp³-hybridized carbons (Fsp3) is 0.800. The second kappa shape index (κ2) is 2.00. The van der Waals surface area contributed by atoms with Gasteiger partial charge in [0.25, 0.3) is 0 Å². The second-order valence-electron chi connectivity index (χ2n) is 4.40. The molecule has 0 radical (unpaired) electrons. The molecule has 0 spiro atoms. The van der Waals surface area contributed by atoms with Crippen LogP contribution in [0.4, 0.5) is 0 Å². The summed E-state index contributed by atoms with van der Waals surface area (Å²) in [6.45, 7) is 1.57. The summed E-state index contributed by atoms with van der Waals surface area (Å²) in [5.74, 6) is 0.449. The Morgan fingerprint density at radius 1 is 1.62 bits per heavy atom. The molecule has 0 N–H and O–H groups in total. The highest BCUT2D eigenvalue weighted by Gasteiger charge is 2.70. The Kier molecular flexibility index (Phi) is 1.07. The molecule has 2 saturated heterocycles. The van der Waals surface area contributed by atoms with Crippen molar-refractivity contribution in [3.8, 4) is 0 Å². The molecule has 70 valence electrons. The van der Waals surface area contributed by atoms with Crippen molar-refractivity contribution < 1.29 is 14.2 Å². The number of hydrogen-bond donors (Lipinski definition) is 0. The predicted molar refractivity (Wildman–Crippen MR) is 44.1 cm³/mol. The molecule has 4 aliphatic rings. The molecule has 3 nitrogen and oxygen atoms in total. The summed E-state index contributed by atoms with van der Waals surface area (Å²) in [6, 6.07) is 0. The monoisotopic (exact) mass is 180 g/mol. The van der Waals surface area contributed by atoms with Gasteiger partial charge in [-0.25, -0.2) is 0 Å². The molecule has 2 heterocycles. The van der Waals surface area contributed by atoms with Crippen LogP contribution in [0, 0.1) is 5.92 Å². The van der Waals surface area contributed by atoms with Gasteiger partial charge in [0.2, 0.25) is 5.79 Å². The van der Waals surface area contributed by atoms with Crippen molar-refractivity contribution >= 4 is 0 Å². The summed E-state index contributed by atoms with van der Waals surface area (Å²) in [5, 5.41) is 0. The molecule has 1 saturated carbocycles. The highest BCUT2D eigenvalue weighted by molar-refractivity contribution is 5.36. The van der Waals surface area contributed by atoms with E-state index in [2.05, 4.69) is 6.08 Å². The van der Waals surface area contributed by atoms with Crippen LogP contribution >= 0.6 is 0 Å². The van der Waals surface area contributed by atoms with E-state index in [0.717, 1.165) is 12.5 Å². The van der Waals surface area contributed by atoms with Crippen molar-refractivity contribution in [1.82, 2.24) is 0 Å². The molecule has 4 atom stereocenters. The van der Waals surface area contributed by atoms with E-state index in [1.165, 1.54) is 18.4 Å². The summed E-state index contributed by atoms with van der Waals surface area (Å²) in [4.78, 5) is 0. The summed E-state index contributed by atoms with van der Waals surface area (Å²) >= 11 is 0. The van der Waals surface area contributed by atoms with Gasteiger partial charge in [-0.2, -0.15) is 0 Å². The number of rotatable bonds is 3. The van der Waals surface area contributed by atoms with E-state index in [4.69, 9.17) is 14.2 Å². The summed E-state index contributed by atoms with van der Waals surface area (Å²) in [7, 11) is 0. The van der Waals surface area contributed by atoms with Gasteiger partial charge in [-0.1, -0.05) is 6.08 Å². The standard InChI is InChI=1S/C10H12O3/c1-2-7-3-6(1)9-10(7,13-9)12-5-8-4-11-8/h2,6,8-9H,1,3-5H2. The van der Waals surface area contributed by atoms with Gasteiger partial charge in [0, 0.05) is 0 Å².